The molecule has 4 aromatic carbocycles. The Morgan fingerprint density at radius 1 is 0.618 bits per heavy atom. The van der Waals surface area contributed by atoms with Crippen LogP contribution in [0.4, 0.5) is 0 Å². The molecule has 0 aromatic heterocycles. The smallest absolute Gasteiger partial charge is 0.126 e. The molecule has 0 unspecified atom stereocenters. The molecule has 0 amide bonds. The number of aromatic hydroxyl groups is 2. The summed E-state index contributed by atoms with van der Waals surface area (Å²) in [5.41, 5.74) is 5.77. The Kier molecular flexibility index (Phi) is 6.51. The molecule has 0 spiro atoms. The van der Waals surface area contributed by atoms with Crippen LogP contribution in [0.1, 0.15) is 31.4 Å². The lowest BCUT2D eigenvalue weighted by Crippen LogP contribution is -2.25. The van der Waals surface area contributed by atoms with Crippen LogP contribution in [0.5, 0.6) is 23.0 Å². The molecule has 2 N–H and O–H groups in total. The molecule has 0 saturated carbocycles. The van der Waals surface area contributed by atoms with E-state index in [1.165, 1.54) is 0 Å². The number of phenols is 2. The fourth-order valence-corrected chi connectivity index (χ4v) is 4.70. The van der Waals surface area contributed by atoms with Gasteiger partial charge in [0, 0.05) is 16.5 Å². The second kappa shape index (κ2) is 9.52. The van der Waals surface area contributed by atoms with Gasteiger partial charge in [0.2, 0.25) is 0 Å². The van der Waals surface area contributed by atoms with Gasteiger partial charge in [0.05, 0.1) is 14.2 Å². The molecule has 34 heavy (non-hydrogen) atoms. The van der Waals surface area contributed by atoms with Gasteiger partial charge in [-0.15, -0.1) is 0 Å². The SMILES string of the molecule is CCC(C)(c1cccc(OC)c1-c1ccc(O)cc1)c1cccc(OC)c1-c1ccc(O)cc1. The molecule has 0 aliphatic rings. The van der Waals surface area contributed by atoms with Crippen molar-refractivity contribution in [3.8, 4) is 45.3 Å². The van der Waals surface area contributed by atoms with Gasteiger partial charge in [0.25, 0.3) is 0 Å². The van der Waals surface area contributed by atoms with Crippen LogP contribution >= 0.6 is 0 Å². The molecule has 174 valence electrons. The maximum Gasteiger partial charge on any atom is 0.126 e. The number of methoxy groups -OCH3 is 2. The lowest BCUT2D eigenvalue weighted by molar-refractivity contribution is 0.412. The molecule has 0 fully saturated rings. The highest BCUT2D eigenvalue weighted by Crippen LogP contribution is 2.49. The first-order chi connectivity index (χ1) is 16.4. The number of ether oxygens (including phenoxy) is 2. The average Bonchev–Trinajstić information content (AvgIpc) is 2.88. The molecule has 4 nitrogen and oxygen atoms in total. The van der Waals surface area contributed by atoms with Crippen molar-refractivity contribution in [3.63, 3.8) is 0 Å². The van der Waals surface area contributed by atoms with E-state index in [9.17, 15) is 10.2 Å². The van der Waals surface area contributed by atoms with E-state index in [4.69, 9.17) is 9.47 Å². The van der Waals surface area contributed by atoms with Crippen LogP contribution in [0.2, 0.25) is 0 Å². The van der Waals surface area contributed by atoms with Crippen molar-refractivity contribution < 1.29 is 19.7 Å². The summed E-state index contributed by atoms with van der Waals surface area (Å²) < 4.78 is 11.6. The van der Waals surface area contributed by atoms with Gasteiger partial charge in [-0.1, -0.05) is 62.4 Å². The second-order valence-corrected chi connectivity index (χ2v) is 8.55. The fraction of sp³-hybridized carbons (Fsp3) is 0.200. The first-order valence-electron chi connectivity index (χ1n) is 11.4. The van der Waals surface area contributed by atoms with Crippen molar-refractivity contribution >= 4 is 0 Å². The van der Waals surface area contributed by atoms with Crippen molar-refractivity contribution in [2.24, 2.45) is 0 Å². The highest BCUT2D eigenvalue weighted by atomic mass is 16.5. The molecule has 0 aliphatic carbocycles. The standard InChI is InChI=1S/C30H30O4/c1-5-30(2,24-8-6-10-26(33-3)28(24)20-12-16-22(31)17-13-20)25-9-7-11-27(34-4)29(25)21-14-18-23(32)19-15-21/h6-19,31-32H,5H2,1-4H3. The number of phenolic OH excluding ortho intramolecular Hbond substituents is 2. The lowest BCUT2D eigenvalue weighted by atomic mass is 9.69. The van der Waals surface area contributed by atoms with Crippen LogP contribution in [0, 0.1) is 0 Å². The zero-order chi connectivity index (χ0) is 24.3. The van der Waals surface area contributed by atoms with Crippen LogP contribution in [-0.4, -0.2) is 24.4 Å². The zero-order valence-corrected chi connectivity index (χ0v) is 20.0. The predicted octanol–water partition coefficient (Wildman–Crippen LogP) is 7.17. The van der Waals surface area contributed by atoms with E-state index in [2.05, 4.69) is 26.0 Å². The van der Waals surface area contributed by atoms with Gasteiger partial charge in [-0.25, -0.2) is 0 Å². The van der Waals surface area contributed by atoms with E-state index in [1.807, 2.05) is 48.5 Å². The van der Waals surface area contributed by atoms with Gasteiger partial charge in [-0.2, -0.15) is 0 Å². The predicted molar refractivity (Wildman–Crippen MR) is 137 cm³/mol. The molecule has 0 atom stereocenters. The largest absolute Gasteiger partial charge is 0.508 e. The van der Waals surface area contributed by atoms with Gasteiger partial charge >= 0.3 is 0 Å². The van der Waals surface area contributed by atoms with E-state index >= 15 is 0 Å². The van der Waals surface area contributed by atoms with Crippen LogP contribution in [0.15, 0.2) is 84.9 Å². The summed E-state index contributed by atoms with van der Waals surface area (Å²) in [6.07, 6.45) is 0.823. The molecule has 4 rings (SSSR count). The first-order valence-corrected chi connectivity index (χ1v) is 11.4. The Balaban J connectivity index is 2.03. The molecular weight excluding hydrogens is 424 g/mol. The molecule has 4 heteroatoms. The molecule has 0 heterocycles. The van der Waals surface area contributed by atoms with Gasteiger partial charge in [-0.3, -0.25) is 0 Å². The number of hydrogen-bond acceptors (Lipinski definition) is 4. The highest BCUT2D eigenvalue weighted by molar-refractivity contribution is 5.81. The quantitative estimate of drug-likeness (QED) is 0.311. The molecule has 0 saturated heterocycles. The Hall–Kier alpha value is -3.92. The van der Waals surface area contributed by atoms with Crippen molar-refractivity contribution in [1.29, 1.82) is 0 Å². The maximum absolute atomic E-state index is 9.86. The van der Waals surface area contributed by atoms with Crippen molar-refractivity contribution in [2.75, 3.05) is 14.2 Å². The van der Waals surface area contributed by atoms with Gasteiger partial charge < -0.3 is 19.7 Å². The number of rotatable bonds is 7. The van der Waals surface area contributed by atoms with E-state index in [1.54, 1.807) is 38.5 Å². The Labute approximate surface area is 201 Å². The average molecular weight is 455 g/mol. The third kappa shape index (κ3) is 4.08. The minimum Gasteiger partial charge on any atom is -0.508 e. The molecule has 0 bridgehead atoms. The van der Waals surface area contributed by atoms with Crippen LogP contribution in [0.3, 0.4) is 0 Å². The summed E-state index contributed by atoms with van der Waals surface area (Å²) in [5, 5.41) is 19.7. The number of benzene rings is 4. The lowest BCUT2D eigenvalue weighted by Gasteiger charge is -2.35. The Bertz CT molecular complexity index is 1180. The van der Waals surface area contributed by atoms with Crippen LogP contribution in [0.25, 0.3) is 22.3 Å². The third-order valence-corrected chi connectivity index (χ3v) is 6.70. The van der Waals surface area contributed by atoms with Crippen molar-refractivity contribution in [1.82, 2.24) is 0 Å². The van der Waals surface area contributed by atoms with E-state index in [-0.39, 0.29) is 11.5 Å². The van der Waals surface area contributed by atoms with Crippen LogP contribution < -0.4 is 9.47 Å². The van der Waals surface area contributed by atoms with Crippen molar-refractivity contribution in [2.45, 2.75) is 25.7 Å². The molecule has 0 aliphatic heterocycles. The highest BCUT2D eigenvalue weighted by Gasteiger charge is 2.34. The fourth-order valence-electron chi connectivity index (χ4n) is 4.70. The molecular formula is C30H30O4. The van der Waals surface area contributed by atoms with Gasteiger partial charge in [0.15, 0.2) is 0 Å². The van der Waals surface area contributed by atoms with E-state index in [0.717, 1.165) is 51.3 Å². The van der Waals surface area contributed by atoms with Gasteiger partial charge in [-0.05, 0) is 65.1 Å². The Morgan fingerprint density at radius 2 is 1.00 bits per heavy atom. The molecule has 0 radical (unpaired) electrons. The summed E-state index contributed by atoms with van der Waals surface area (Å²) in [6, 6.07) is 26.7. The minimum atomic E-state index is -0.399. The van der Waals surface area contributed by atoms with Gasteiger partial charge in [0.1, 0.15) is 23.0 Å². The third-order valence-electron chi connectivity index (χ3n) is 6.70. The van der Waals surface area contributed by atoms with E-state index in [0.29, 0.717) is 0 Å². The topological polar surface area (TPSA) is 58.9 Å². The summed E-state index contributed by atoms with van der Waals surface area (Å²) in [4.78, 5) is 0. The van der Waals surface area contributed by atoms with Crippen molar-refractivity contribution in [3.05, 3.63) is 96.1 Å². The number of hydrogen-bond donors (Lipinski definition) is 2. The Morgan fingerprint density at radius 3 is 1.32 bits per heavy atom. The first kappa shape index (κ1) is 23.2. The summed E-state index contributed by atoms with van der Waals surface area (Å²) in [6.45, 7) is 4.42. The molecule has 4 aromatic rings. The van der Waals surface area contributed by atoms with Crippen LogP contribution in [-0.2, 0) is 5.41 Å². The summed E-state index contributed by atoms with van der Waals surface area (Å²) in [5.74, 6) is 2.00. The maximum atomic E-state index is 9.86. The minimum absolute atomic E-state index is 0.223. The summed E-state index contributed by atoms with van der Waals surface area (Å²) >= 11 is 0. The summed E-state index contributed by atoms with van der Waals surface area (Å²) in [7, 11) is 3.36. The normalized spacial score (nSPS) is 11.3. The van der Waals surface area contributed by atoms with E-state index < -0.39 is 5.41 Å². The second-order valence-electron chi connectivity index (χ2n) is 8.55. The zero-order valence-electron chi connectivity index (χ0n) is 20.0. The monoisotopic (exact) mass is 454 g/mol.